The first kappa shape index (κ1) is 56.6. The van der Waals surface area contributed by atoms with Gasteiger partial charge in [0.1, 0.15) is 42.1 Å². The first-order chi connectivity index (χ1) is 38.4. The molecule has 0 bridgehead atoms. The number of hydrogen-bond donors (Lipinski definition) is 2. The molecule has 2 aliphatic rings. The molecule has 0 fully saturated rings. The number of hydrogen-bond acceptors (Lipinski definition) is 10. The second-order valence-corrected chi connectivity index (χ2v) is 22.9. The molecule has 7 aromatic carbocycles. The number of methoxy groups -OCH3 is 1. The molecule has 15 heteroatoms. The Hall–Kier alpha value is -8.07. The van der Waals surface area contributed by atoms with E-state index in [-0.39, 0.29) is 55.9 Å². The molecule has 13 nitrogen and oxygen atoms in total. The Morgan fingerprint density at radius 1 is 0.850 bits per heavy atom. The van der Waals surface area contributed by atoms with Crippen LogP contribution in [0, 0.1) is 27.7 Å². The number of carbonyl (C=O) groups is 2. The maximum atomic E-state index is 15.3. The predicted octanol–water partition coefficient (Wildman–Crippen LogP) is 12.6. The number of aryl methyl sites for hydroxylation is 1. The van der Waals surface area contributed by atoms with E-state index >= 15 is 4.79 Å². The van der Waals surface area contributed by atoms with Crippen LogP contribution in [0.25, 0.3) is 11.1 Å². The van der Waals surface area contributed by atoms with Crippen LogP contribution in [-0.4, -0.2) is 69.9 Å². The van der Waals surface area contributed by atoms with Gasteiger partial charge in [0.2, 0.25) is 5.96 Å². The van der Waals surface area contributed by atoms with Gasteiger partial charge in [-0.3, -0.25) is 9.89 Å². The van der Waals surface area contributed by atoms with E-state index < -0.39 is 39.3 Å². The molecule has 7 aromatic rings. The Kier molecular flexibility index (Phi) is 16.8. The highest BCUT2D eigenvalue weighted by Gasteiger charge is 2.43. The van der Waals surface area contributed by atoms with Crippen molar-refractivity contribution in [2.75, 3.05) is 26.9 Å². The number of nitrogens with two attached hydrogens (primary N) is 1. The molecule has 0 saturated carbocycles. The zero-order chi connectivity index (χ0) is 56.9. The summed E-state index contributed by atoms with van der Waals surface area (Å²) in [5.41, 5.74) is 15.2. The van der Waals surface area contributed by atoms with Crippen molar-refractivity contribution < 1.29 is 41.7 Å². The topological polar surface area (TPSA) is 168 Å². The van der Waals surface area contributed by atoms with Crippen molar-refractivity contribution in [2.45, 2.75) is 95.4 Å². The van der Waals surface area contributed by atoms with Gasteiger partial charge in [-0.2, -0.15) is 0 Å². The fraction of sp³-hybridized carbons (Fsp3) is 0.277. The number of aliphatic imine (C=N–C) groups is 1. The fourth-order valence-corrected chi connectivity index (χ4v) is 12.8. The lowest BCUT2D eigenvalue weighted by molar-refractivity contribution is -0.148. The van der Waals surface area contributed by atoms with Crippen LogP contribution in [0.1, 0.15) is 93.8 Å². The molecule has 0 spiro atoms. The van der Waals surface area contributed by atoms with Crippen LogP contribution in [0.5, 0.6) is 17.2 Å². The van der Waals surface area contributed by atoms with E-state index in [9.17, 15) is 13.2 Å². The molecule has 0 saturated heterocycles. The van der Waals surface area contributed by atoms with E-state index in [1.807, 2.05) is 143 Å². The van der Waals surface area contributed by atoms with Crippen molar-refractivity contribution in [2.24, 2.45) is 10.7 Å². The van der Waals surface area contributed by atoms with Crippen molar-refractivity contribution in [1.29, 1.82) is 0 Å². The maximum Gasteiger partial charge on any atom is 0.410 e. The summed E-state index contributed by atoms with van der Waals surface area (Å²) in [4.78, 5) is 35.7. The van der Waals surface area contributed by atoms with E-state index in [2.05, 4.69) is 28.4 Å². The fourth-order valence-electron chi connectivity index (χ4n) is 11.1. The number of benzene rings is 7. The third-order valence-electron chi connectivity index (χ3n) is 15.0. The minimum Gasteiger partial charge on any atom is -0.497 e. The van der Waals surface area contributed by atoms with Crippen LogP contribution in [0.4, 0.5) is 4.79 Å². The summed E-state index contributed by atoms with van der Waals surface area (Å²) in [6.45, 7) is 14.7. The number of sulfonamides is 1. The highest BCUT2D eigenvalue weighted by atomic mass is 35.5. The van der Waals surface area contributed by atoms with Gasteiger partial charge in [-0.25, -0.2) is 22.7 Å². The summed E-state index contributed by atoms with van der Waals surface area (Å²) in [5, 5.41) is 0.449. The van der Waals surface area contributed by atoms with Crippen LogP contribution in [-0.2, 0) is 42.9 Å². The number of carbonyl (C=O) groups excluding carboxylic acids is 2. The van der Waals surface area contributed by atoms with Crippen LogP contribution in [0.2, 0.25) is 5.02 Å². The van der Waals surface area contributed by atoms with E-state index in [0.717, 1.165) is 50.1 Å². The van der Waals surface area contributed by atoms with E-state index in [4.69, 9.17) is 41.0 Å². The molecule has 0 radical (unpaired) electrons. The molecule has 9 rings (SSSR count). The summed E-state index contributed by atoms with van der Waals surface area (Å²) in [6.07, 6.45) is 1.43. The molecule has 3 N–H and O–H groups in total. The molecule has 1 aliphatic heterocycles. The van der Waals surface area contributed by atoms with Gasteiger partial charge in [0.25, 0.3) is 10.0 Å². The summed E-state index contributed by atoms with van der Waals surface area (Å²) in [6, 6.07) is 45.4. The first-order valence-electron chi connectivity index (χ1n) is 26.6. The van der Waals surface area contributed by atoms with Gasteiger partial charge in [-0.15, -0.1) is 0 Å². The number of guanidine groups is 1. The van der Waals surface area contributed by atoms with Crippen LogP contribution in [0.15, 0.2) is 168 Å². The van der Waals surface area contributed by atoms with Crippen molar-refractivity contribution in [3.05, 3.63) is 224 Å². The molecule has 1 heterocycles. The Morgan fingerprint density at radius 2 is 1.49 bits per heavy atom. The zero-order valence-corrected chi connectivity index (χ0v) is 47.7. The normalized spacial score (nSPS) is 14.6. The van der Waals surface area contributed by atoms with Gasteiger partial charge in [0.05, 0.1) is 18.6 Å². The molecule has 1 aliphatic carbocycles. The number of ether oxygens (including phenoxy) is 5. The van der Waals surface area contributed by atoms with Gasteiger partial charge in [0.15, 0.2) is 5.60 Å². The lowest BCUT2D eigenvalue weighted by atomic mass is 9.79. The zero-order valence-electron chi connectivity index (χ0n) is 46.2. The van der Waals surface area contributed by atoms with Crippen molar-refractivity contribution >= 4 is 39.6 Å². The lowest BCUT2D eigenvalue weighted by Crippen LogP contribution is -2.46. The Balaban J connectivity index is 1.09. The number of nitrogens with one attached hydrogen (secondary N) is 1. The quantitative estimate of drug-likeness (QED) is 0.0187. The second kappa shape index (κ2) is 23.7. The molecule has 80 heavy (non-hydrogen) atoms. The minimum atomic E-state index is -4.24. The molecule has 2 atom stereocenters. The van der Waals surface area contributed by atoms with Gasteiger partial charge in [-0.1, -0.05) is 151 Å². The summed E-state index contributed by atoms with van der Waals surface area (Å²) < 4.78 is 62.4. The predicted molar refractivity (Wildman–Crippen MR) is 313 cm³/mol. The number of fused-ring (bicyclic) bond motifs is 4. The third-order valence-corrected chi connectivity index (χ3v) is 17.0. The number of rotatable bonds is 20. The summed E-state index contributed by atoms with van der Waals surface area (Å²) in [7, 11) is -2.68. The molecular formula is C65H67ClN4O9S. The summed E-state index contributed by atoms with van der Waals surface area (Å²) in [5.74, 6) is -0.0542. The van der Waals surface area contributed by atoms with Crippen LogP contribution >= 0.6 is 11.6 Å². The average molecular weight is 1120 g/mol. The third kappa shape index (κ3) is 11.5. The summed E-state index contributed by atoms with van der Waals surface area (Å²) >= 11 is 7.20. The molecule has 414 valence electrons. The number of esters is 1. The second-order valence-electron chi connectivity index (χ2n) is 20.9. The van der Waals surface area contributed by atoms with Gasteiger partial charge in [-0.05, 0) is 106 Å². The van der Waals surface area contributed by atoms with Crippen molar-refractivity contribution in [3.63, 3.8) is 0 Å². The molecule has 1 amide bonds. The average Bonchev–Trinajstić information content (AvgIpc) is 4.04. The van der Waals surface area contributed by atoms with Crippen molar-refractivity contribution in [1.82, 2.24) is 9.62 Å². The smallest absolute Gasteiger partial charge is 0.410 e. The van der Waals surface area contributed by atoms with Gasteiger partial charge < -0.3 is 29.4 Å². The maximum absolute atomic E-state index is 15.3. The Labute approximate surface area is 474 Å². The minimum absolute atomic E-state index is 0.0116. The SMILES string of the molecule is C=CCOC(=O)[C@H](CCCN=C(N)NS(=O)(=O)c1c(C)c(C)c2c(c1C)OC(C)(C)C2)N(Cc1ccc(OC)cc1OC(c1ccccc1)(c1ccc(C)cc1)c1ccccc1Cl)C(=O)OCC1c2ccccc2-c2ccccc21. The highest BCUT2D eigenvalue weighted by Crippen LogP contribution is 2.48. The first-order valence-corrected chi connectivity index (χ1v) is 28.5. The van der Waals surface area contributed by atoms with Crippen LogP contribution < -0.4 is 24.7 Å². The molecule has 0 aromatic heterocycles. The number of amides is 1. The standard InChI is InChI=1S/C65H67ClN4O9S/c1-9-36-76-61(71)57(28-19-35-68-62(67)69-80(73,74)60-43(4)42(3)53-38-64(6,7)79-59(53)44(60)5)70(63(72)77-40-54-51-24-15-13-22-49(51)50-23-14-16-25-52(50)54)39-45-31-34-48(75-8)37-58(45)78-65(46-20-11-10-12-21-46,47-32-29-41(2)30-33-47)55-26-17-18-27-56(55)66/h9-18,20-27,29-34,37,54,57H,1,19,28,35-36,38-40H2,2-8H3,(H3,67,68,69)/t57-,65?/m0/s1. The number of halogens is 1. The number of nitrogens with zero attached hydrogens (tertiary/aromatic N) is 2. The Bertz CT molecular complexity index is 3560. The largest absolute Gasteiger partial charge is 0.497 e. The monoisotopic (exact) mass is 1110 g/mol. The highest BCUT2D eigenvalue weighted by molar-refractivity contribution is 7.90. The van der Waals surface area contributed by atoms with Gasteiger partial charge >= 0.3 is 12.1 Å². The van der Waals surface area contributed by atoms with Crippen LogP contribution in [0.3, 0.4) is 0 Å². The van der Waals surface area contributed by atoms with Gasteiger partial charge in [0, 0.05) is 63.4 Å². The van der Waals surface area contributed by atoms with E-state index in [0.29, 0.717) is 50.9 Å². The molecular weight excluding hydrogens is 1050 g/mol. The van der Waals surface area contributed by atoms with E-state index in [1.165, 1.54) is 11.0 Å². The lowest BCUT2D eigenvalue weighted by Gasteiger charge is -2.38. The van der Waals surface area contributed by atoms with E-state index in [1.54, 1.807) is 39.2 Å². The Morgan fingerprint density at radius 3 is 2.15 bits per heavy atom. The van der Waals surface area contributed by atoms with Crippen molar-refractivity contribution in [3.8, 4) is 28.4 Å². The molecule has 1 unspecified atom stereocenters.